The molecule has 0 spiro atoms. The van der Waals surface area contributed by atoms with E-state index < -0.39 is 10.1 Å². The molecule has 0 atom stereocenters. The summed E-state index contributed by atoms with van der Waals surface area (Å²) in [7, 11) is -0.757. The SMILES string of the molecule is CCCCCCOc1ccc(/C=C/c2cc[n+](CCCS(=O)(=O)O)c(/C=C/c3ccc(OCCCCCC)c(OC)c3)c2)cc1OC. The van der Waals surface area contributed by atoms with Crippen molar-refractivity contribution in [3.63, 3.8) is 0 Å². The zero-order valence-corrected chi connectivity index (χ0v) is 29.3. The lowest BCUT2D eigenvalue weighted by atomic mass is 10.1. The average Bonchev–Trinajstić information content (AvgIpc) is 3.06. The molecule has 0 bridgehead atoms. The van der Waals surface area contributed by atoms with Crippen LogP contribution in [0.5, 0.6) is 23.0 Å². The van der Waals surface area contributed by atoms with Crippen molar-refractivity contribution in [2.45, 2.75) is 78.2 Å². The average molecular weight is 667 g/mol. The van der Waals surface area contributed by atoms with Gasteiger partial charge in [-0.1, -0.05) is 76.7 Å². The van der Waals surface area contributed by atoms with Gasteiger partial charge in [-0.3, -0.25) is 4.55 Å². The summed E-state index contributed by atoms with van der Waals surface area (Å²) in [5.74, 6) is 2.52. The highest BCUT2D eigenvalue weighted by molar-refractivity contribution is 7.85. The molecule has 1 heterocycles. The Morgan fingerprint density at radius 2 is 1.15 bits per heavy atom. The second-order valence-electron chi connectivity index (χ2n) is 11.5. The summed E-state index contributed by atoms with van der Waals surface area (Å²) in [4.78, 5) is 0. The molecule has 0 aliphatic heterocycles. The molecule has 0 amide bonds. The summed E-state index contributed by atoms with van der Waals surface area (Å²) >= 11 is 0. The van der Waals surface area contributed by atoms with E-state index in [-0.39, 0.29) is 12.2 Å². The molecular formula is C38H52NO7S+. The molecule has 0 unspecified atom stereocenters. The van der Waals surface area contributed by atoms with Gasteiger partial charge in [-0.2, -0.15) is 13.0 Å². The van der Waals surface area contributed by atoms with Gasteiger partial charge >= 0.3 is 0 Å². The Bertz CT molecular complexity index is 1550. The topological polar surface area (TPSA) is 95.2 Å². The molecule has 0 aliphatic carbocycles. The molecule has 47 heavy (non-hydrogen) atoms. The van der Waals surface area contributed by atoms with E-state index in [1.165, 1.54) is 25.7 Å². The summed E-state index contributed by atoms with van der Waals surface area (Å²) in [5.41, 5.74) is 3.75. The molecule has 1 aromatic heterocycles. The number of hydrogen-bond acceptors (Lipinski definition) is 6. The summed E-state index contributed by atoms with van der Waals surface area (Å²) in [6.07, 6.45) is 19.3. The van der Waals surface area contributed by atoms with Gasteiger partial charge in [0.2, 0.25) is 5.69 Å². The molecule has 0 fully saturated rings. The zero-order valence-electron chi connectivity index (χ0n) is 28.5. The predicted molar refractivity (Wildman–Crippen MR) is 191 cm³/mol. The third kappa shape index (κ3) is 13.8. The minimum atomic E-state index is -4.04. The van der Waals surface area contributed by atoms with Crippen LogP contribution in [0.15, 0.2) is 54.7 Å². The number of pyridine rings is 1. The van der Waals surface area contributed by atoms with E-state index in [1.54, 1.807) is 14.2 Å². The van der Waals surface area contributed by atoms with Crippen LogP contribution in [0.25, 0.3) is 24.3 Å². The van der Waals surface area contributed by atoms with Crippen LogP contribution in [0.1, 0.15) is 94.0 Å². The van der Waals surface area contributed by atoms with Gasteiger partial charge in [-0.15, -0.1) is 0 Å². The van der Waals surface area contributed by atoms with Crippen molar-refractivity contribution in [2.24, 2.45) is 0 Å². The molecule has 0 saturated heterocycles. The zero-order chi connectivity index (χ0) is 33.9. The Labute approximate surface area is 281 Å². The number of benzene rings is 2. The third-order valence-corrected chi connectivity index (χ3v) is 8.50. The van der Waals surface area contributed by atoms with E-state index in [1.807, 2.05) is 83.6 Å². The van der Waals surface area contributed by atoms with Crippen molar-refractivity contribution in [1.29, 1.82) is 0 Å². The van der Waals surface area contributed by atoms with Crippen LogP contribution < -0.4 is 23.5 Å². The van der Waals surface area contributed by atoms with E-state index in [0.717, 1.165) is 59.6 Å². The van der Waals surface area contributed by atoms with Crippen LogP contribution in [0.4, 0.5) is 0 Å². The highest BCUT2D eigenvalue weighted by Gasteiger charge is 2.13. The fourth-order valence-electron chi connectivity index (χ4n) is 5.04. The first-order valence-corrected chi connectivity index (χ1v) is 18.3. The summed E-state index contributed by atoms with van der Waals surface area (Å²) in [6.45, 7) is 6.13. The predicted octanol–water partition coefficient (Wildman–Crippen LogP) is 8.53. The Hall–Kier alpha value is -3.82. The largest absolute Gasteiger partial charge is 0.493 e. The van der Waals surface area contributed by atoms with E-state index in [9.17, 15) is 13.0 Å². The molecule has 0 aliphatic rings. The van der Waals surface area contributed by atoms with Crippen LogP contribution in [0.3, 0.4) is 0 Å². The van der Waals surface area contributed by atoms with Crippen molar-refractivity contribution in [3.05, 3.63) is 77.1 Å². The number of aryl methyl sites for hydroxylation is 1. The second kappa shape index (κ2) is 20.4. The number of hydrogen-bond donors (Lipinski definition) is 1. The van der Waals surface area contributed by atoms with Crippen molar-refractivity contribution in [1.82, 2.24) is 0 Å². The first-order chi connectivity index (χ1) is 22.8. The molecule has 0 radical (unpaired) electrons. The highest BCUT2D eigenvalue weighted by Crippen LogP contribution is 2.30. The number of methoxy groups -OCH3 is 2. The van der Waals surface area contributed by atoms with Gasteiger partial charge in [0.15, 0.2) is 29.2 Å². The van der Waals surface area contributed by atoms with Gasteiger partial charge in [0.25, 0.3) is 10.1 Å². The van der Waals surface area contributed by atoms with E-state index in [4.69, 9.17) is 18.9 Å². The first kappa shape index (κ1) is 37.6. The molecule has 2 aromatic carbocycles. The first-order valence-electron chi connectivity index (χ1n) is 16.7. The number of unbranched alkanes of at least 4 members (excludes halogenated alkanes) is 6. The second-order valence-corrected chi connectivity index (χ2v) is 13.1. The maximum absolute atomic E-state index is 11.3. The summed E-state index contributed by atoms with van der Waals surface area (Å²) in [6, 6.07) is 15.8. The molecule has 3 rings (SSSR count). The highest BCUT2D eigenvalue weighted by atomic mass is 32.2. The lowest BCUT2D eigenvalue weighted by Crippen LogP contribution is -2.37. The van der Waals surface area contributed by atoms with Gasteiger partial charge in [0.1, 0.15) is 6.54 Å². The Balaban J connectivity index is 1.79. The summed E-state index contributed by atoms with van der Waals surface area (Å²) in [5, 5.41) is 0. The van der Waals surface area contributed by atoms with Crippen molar-refractivity contribution in [3.8, 4) is 23.0 Å². The number of aromatic nitrogens is 1. The number of rotatable bonds is 22. The lowest BCUT2D eigenvalue weighted by Gasteiger charge is -2.11. The van der Waals surface area contributed by atoms with Crippen molar-refractivity contribution < 1.29 is 36.5 Å². The number of ether oxygens (including phenoxy) is 4. The normalized spacial score (nSPS) is 11.8. The van der Waals surface area contributed by atoms with Gasteiger partial charge in [0, 0.05) is 24.6 Å². The van der Waals surface area contributed by atoms with E-state index in [2.05, 4.69) is 13.8 Å². The quantitative estimate of drug-likeness (QED) is 0.0653. The molecule has 8 nitrogen and oxygen atoms in total. The minimum Gasteiger partial charge on any atom is -0.493 e. The molecule has 3 aromatic rings. The van der Waals surface area contributed by atoms with Gasteiger partial charge in [0.05, 0.1) is 33.2 Å². The third-order valence-electron chi connectivity index (χ3n) is 7.70. The van der Waals surface area contributed by atoms with Gasteiger partial charge < -0.3 is 18.9 Å². The molecule has 1 N–H and O–H groups in total. The van der Waals surface area contributed by atoms with Crippen molar-refractivity contribution >= 4 is 34.4 Å². The van der Waals surface area contributed by atoms with Crippen LogP contribution in [0, 0.1) is 0 Å². The maximum atomic E-state index is 11.3. The number of nitrogens with zero attached hydrogens (tertiary/aromatic N) is 1. The maximum Gasteiger partial charge on any atom is 0.265 e. The van der Waals surface area contributed by atoms with Crippen LogP contribution in [-0.2, 0) is 16.7 Å². The van der Waals surface area contributed by atoms with Gasteiger partial charge in [-0.25, -0.2) is 0 Å². The van der Waals surface area contributed by atoms with Crippen LogP contribution in [-0.4, -0.2) is 46.2 Å². The van der Waals surface area contributed by atoms with Crippen LogP contribution in [0.2, 0.25) is 0 Å². The monoisotopic (exact) mass is 666 g/mol. The smallest absolute Gasteiger partial charge is 0.265 e. The summed E-state index contributed by atoms with van der Waals surface area (Å²) < 4.78 is 57.0. The fourth-order valence-corrected chi connectivity index (χ4v) is 5.54. The fraction of sp³-hybridized carbons (Fsp3) is 0.447. The molecule has 9 heteroatoms. The Morgan fingerprint density at radius 3 is 1.64 bits per heavy atom. The molecule has 0 saturated carbocycles. The van der Waals surface area contributed by atoms with E-state index in [0.29, 0.717) is 31.3 Å². The molecular weight excluding hydrogens is 614 g/mol. The van der Waals surface area contributed by atoms with E-state index >= 15 is 0 Å². The minimum absolute atomic E-state index is 0.282. The standard InChI is InChI=1S/C38H51NO7S/c1-5-7-9-11-25-45-35-20-17-31(29-37(35)43-3)14-15-33-22-24-39(23-13-27-47(40,41)42)34(28-33)19-16-32-18-21-36(38(30-32)44-4)46-26-12-10-8-6-2/h14-22,24,28-30H,5-13,23,25-27H2,1-4H3/p+1/b15-14+,19-16+. The Morgan fingerprint density at radius 1 is 0.638 bits per heavy atom. The van der Waals surface area contributed by atoms with Gasteiger partial charge in [-0.05, 0) is 59.9 Å². The van der Waals surface area contributed by atoms with Crippen LogP contribution >= 0.6 is 0 Å². The van der Waals surface area contributed by atoms with Crippen molar-refractivity contribution in [2.75, 3.05) is 33.2 Å². The lowest BCUT2D eigenvalue weighted by molar-refractivity contribution is -0.698. The molecule has 256 valence electrons. The Kier molecular flexibility index (Phi) is 16.4.